The van der Waals surface area contributed by atoms with E-state index in [4.69, 9.17) is 21.4 Å². The van der Waals surface area contributed by atoms with Crippen LogP contribution >= 0.6 is 11.6 Å². The molecule has 0 amide bonds. The molecule has 9 heteroatoms. The summed E-state index contributed by atoms with van der Waals surface area (Å²) in [6.45, 7) is 2.34. The summed E-state index contributed by atoms with van der Waals surface area (Å²) in [6.07, 6.45) is -1.18. The molecule has 1 N–H and O–H groups in total. The average molecular weight is 401 g/mol. The van der Waals surface area contributed by atoms with Crippen LogP contribution in [0.25, 0.3) is 6.08 Å². The lowest BCUT2D eigenvalue weighted by Crippen LogP contribution is -2.40. The maximum absolute atomic E-state index is 13.2. The standard InChI is InChI=1S/C18H16ClF3N2O3/c1-2-3-12-8-24(9-23-12)7-11-6-15-10(5-14(11)19)4-13(17(25)26)16(27-15)18(20,21)22/h4-6,8-9,16H,2-3,7H2,1H3,(H,25,26). The number of alkyl halides is 3. The van der Waals surface area contributed by atoms with Crippen LogP contribution in [-0.4, -0.2) is 32.9 Å². The summed E-state index contributed by atoms with van der Waals surface area (Å²) in [6, 6.07) is 2.82. The van der Waals surface area contributed by atoms with E-state index in [1.807, 2.05) is 13.1 Å². The highest BCUT2D eigenvalue weighted by Crippen LogP contribution is 2.39. The second-order valence-electron chi connectivity index (χ2n) is 6.21. The van der Waals surface area contributed by atoms with Gasteiger partial charge in [0.25, 0.3) is 0 Å². The Balaban J connectivity index is 1.94. The number of nitrogens with zero attached hydrogens (tertiary/aromatic N) is 2. The highest BCUT2D eigenvalue weighted by molar-refractivity contribution is 6.31. The van der Waals surface area contributed by atoms with E-state index >= 15 is 0 Å². The van der Waals surface area contributed by atoms with Crippen LogP contribution in [0.15, 0.2) is 30.2 Å². The number of fused-ring (bicyclic) bond motifs is 1. The van der Waals surface area contributed by atoms with E-state index in [0.717, 1.165) is 24.6 Å². The van der Waals surface area contributed by atoms with Gasteiger partial charge in [-0.2, -0.15) is 13.2 Å². The summed E-state index contributed by atoms with van der Waals surface area (Å²) in [5, 5.41) is 9.37. The van der Waals surface area contributed by atoms with Crippen LogP contribution in [-0.2, 0) is 17.8 Å². The van der Waals surface area contributed by atoms with Gasteiger partial charge in [-0.3, -0.25) is 0 Å². The average Bonchev–Trinajstić information content (AvgIpc) is 3.01. The number of halogens is 4. The zero-order valence-corrected chi connectivity index (χ0v) is 15.0. The first kappa shape index (κ1) is 19.3. The minimum atomic E-state index is -4.85. The molecule has 0 aliphatic carbocycles. The fourth-order valence-corrected chi connectivity index (χ4v) is 3.10. The number of aromatic nitrogens is 2. The van der Waals surface area contributed by atoms with Crippen LogP contribution in [0.5, 0.6) is 5.75 Å². The molecule has 144 valence electrons. The number of hydrogen-bond donors (Lipinski definition) is 1. The van der Waals surface area contributed by atoms with Crippen molar-refractivity contribution < 1.29 is 27.8 Å². The van der Waals surface area contributed by atoms with Crippen LogP contribution in [0.4, 0.5) is 13.2 Å². The van der Waals surface area contributed by atoms with Crippen molar-refractivity contribution in [2.75, 3.05) is 0 Å². The van der Waals surface area contributed by atoms with Crippen LogP contribution in [0.2, 0.25) is 5.02 Å². The van der Waals surface area contributed by atoms with E-state index < -0.39 is 23.8 Å². The van der Waals surface area contributed by atoms with E-state index in [0.29, 0.717) is 17.1 Å². The van der Waals surface area contributed by atoms with Gasteiger partial charge >= 0.3 is 12.1 Å². The van der Waals surface area contributed by atoms with Crippen molar-refractivity contribution >= 4 is 23.6 Å². The molecule has 2 aromatic rings. The molecular weight excluding hydrogens is 385 g/mol. The van der Waals surface area contributed by atoms with Crippen molar-refractivity contribution in [1.29, 1.82) is 0 Å². The summed E-state index contributed by atoms with van der Waals surface area (Å²) in [5.74, 6) is -1.75. The van der Waals surface area contributed by atoms with Gasteiger partial charge in [0.1, 0.15) is 5.75 Å². The summed E-state index contributed by atoms with van der Waals surface area (Å²) >= 11 is 6.24. The Morgan fingerprint density at radius 2 is 2.15 bits per heavy atom. The van der Waals surface area contributed by atoms with E-state index in [2.05, 4.69) is 4.98 Å². The molecule has 0 saturated heterocycles. The molecule has 3 rings (SSSR count). The molecular formula is C18H16ClF3N2O3. The summed E-state index contributed by atoms with van der Waals surface area (Å²) < 4.78 is 46.3. The fourth-order valence-electron chi connectivity index (χ4n) is 2.87. The van der Waals surface area contributed by atoms with Crippen molar-refractivity contribution in [3.05, 3.63) is 52.1 Å². The first-order chi connectivity index (χ1) is 12.7. The Morgan fingerprint density at radius 1 is 1.41 bits per heavy atom. The molecule has 1 aromatic carbocycles. The molecule has 2 heterocycles. The Hall–Kier alpha value is -2.48. The zero-order chi connectivity index (χ0) is 19.8. The molecule has 5 nitrogen and oxygen atoms in total. The van der Waals surface area contributed by atoms with E-state index in [1.54, 1.807) is 10.9 Å². The number of aliphatic carboxylic acids is 1. The highest BCUT2D eigenvalue weighted by atomic mass is 35.5. The van der Waals surface area contributed by atoms with Gasteiger partial charge in [0.05, 0.1) is 24.1 Å². The monoisotopic (exact) mass is 400 g/mol. The van der Waals surface area contributed by atoms with E-state index in [9.17, 15) is 18.0 Å². The summed E-state index contributed by atoms with van der Waals surface area (Å²) in [5.41, 5.74) is 0.773. The number of imidazole rings is 1. The fraction of sp³-hybridized carbons (Fsp3) is 0.333. The second kappa shape index (κ2) is 7.26. The largest absolute Gasteiger partial charge is 0.478 e. The molecule has 0 bridgehead atoms. The number of carbonyl (C=O) groups is 1. The van der Waals surface area contributed by atoms with Crippen molar-refractivity contribution in [1.82, 2.24) is 9.55 Å². The quantitative estimate of drug-likeness (QED) is 0.811. The zero-order valence-electron chi connectivity index (χ0n) is 14.3. The number of aryl methyl sites for hydroxylation is 1. The normalized spacial score (nSPS) is 16.5. The highest BCUT2D eigenvalue weighted by Gasteiger charge is 2.48. The number of hydrogen-bond acceptors (Lipinski definition) is 3. The molecule has 1 aliphatic heterocycles. The Labute approximate surface area is 158 Å². The third-order valence-electron chi connectivity index (χ3n) is 4.11. The molecule has 1 atom stereocenters. The van der Waals surface area contributed by atoms with Gasteiger partial charge in [0, 0.05) is 16.8 Å². The number of ether oxygens (including phenoxy) is 1. The first-order valence-corrected chi connectivity index (χ1v) is 8.58. The lowest BCUT2D eigenvalue weighted by molar-refractivity contribution is -0.187. The van der Waals surface area contributed by atoms with Gasteiger partial charge in [-0.05, 0) is 30.2 Å². The topological polar surface area (TPSA) is 64.4 Å². The predicted octanol–water partition coefficient (Wildman–Crippen LogP) is 4.33. The van der Waals surface area contributed by atoms with Crippen molar-refractivity contribution in [3.63, 3.8) is 0 Å². The molecule has 1 aromatic heterocycles. The smallest absolute Gasteiger partial charge is 0.430 e. The van der Waals surface area contributed by atoms with Crippen molar-refractivity contribution in [3.8, 4) is 5.75 Å². The SMILES string of the molecule is CCCc1cn(Cc2cc3c(cc2Cl)C=C(C(=O)O)C(C(F)(F)F)O3)cn1. The van der Waals surface area contributed by atoms with Gasteiger partial charge in [-0.15, -0.1) is 0 Å². The van der Waals surface area contributed by atoms with Gasteiger partial charge in [-0.1, -0.05) is 24.9 Å². The van der Waals surface area contributed by atoms with Gasteiger partial charge in [-0.25, -0.2) is 9.78 Å². The Morgan fingerprint density at radius 3 is 2.78 bits per heavy atom. The lowest BCUT2D eigenvalue weighted by Gasteiger charge is -2.27. The third kappa shape index (κ3) is 4.10. The number of benzene rings is 1. The van der Waals surface area contributed by atoms with Crippen LogP contribution in [0, 0.1) is 0 Å². The first-order valence-electron chi connectivity index (χ1n) is 8.20. The summed E-state index contributed by atoms with van der Waals surface area (Å²) in [4.78, 5) is 15.4. The molecule has 0 saturated carbocycles. The molecule has 27 heavy (non-hydrogen) atoms. The van der Waals surface area contributed by atoms with Crippen molar-refractivity contribution in [2.45, 2.75) is 38.6 Å². The van der Waals surface area contributed by atoms with E-state index in [1.165, 1.54) is 12.1 Å². The number of carboxylic acids is 1. The molecule has 1 unspecified atom stereocenters. The van der Waals surface area contributed by atoms with Crippen LogP contribution in [0.3, 0.4) is 0 Å². The number of rotatable bonds is 5. The van der Waals surface area contributed by atoms with Crippen LogP contribution in [0.1, 0.15) is 30.2 Å². The third-order valence-corrected chi connectivity index (χ3v) is 4.46. The van der Waals surface area contributed by atoms with Gasteiger partial charge < -0.3 is 14.4 Å². The minimum Gasteiger partial charge on any atom is -0.478 e. The lowest BCUT2D eigenvalue weighted by atomic mass is 10.00. The number of carboxylic acid groups (broad SMARTS) is 1. The molecule has 0 fully saturated rings. The summed E-state index contributed by atoms with van der Waals surface area (Å²) in [7, 11) is 0. The van der Waals surface area contributed by atoms with Crippen LogP contribution < -0.4 is 4.74 Å². The van der Waals surface area contributed by atoms with Gasteiger partial charge in [0.2, 0.25) is 6.10 Å². The minimum absolute atomic E-state index is 0.0596. The van der Waals surface area contributed by atoms with Crippen molar-refractivity contribution in [2.24, 2.45) is 0 Å². The molecule has 0 radical (unpaired) electrons. The van der Waals surface area contributed by atoms with Gasteiger partial charge in [0.15, 0.2) is 0 Å². The second-order valence-corrected chi connectivity index (χ2v) is 6.62. The molecule has 0 spiro atoms. The predicted molar refractivity (Wildman–Crippen MR) is 92.9 cm³/mol. The Kier molecular flexibility index (Phi) is 5.19. The molecule has 1 aliphatic rings. The maximum atomic E-state index is 13.2. The maximum Gasteiger partial charge on any atom is 0.430 e. The Bertz CT molecular complexity index is 906. The van der Waals surface area contributed by atoms with E-state index in [-0.39, 0.29) is 11.3 Å².